The monoisotopic (exact) mass is 359 g/mol. The highest BCUT2D eigenvalue weighted by Gasteiger charge is 2.52. The predicted octanol–water partition coefficient (Wildman–Crippen LogP) is 1.61. The Morgan fingerprint density at radius 2 is 1.77 bits per heavy atom. The van der Waals surface area contributed by atoms with Crippen LogP contribution in [0.2, 0.25) is 0 Å². The van der Waals surface area contributed by atoms with E-state index in [-0.39, 0.29) is 57.0 Å². The number of likely N-dealkylation sites (tertiary alicyclic amines) is 1. The molecule has 0 aromatic heterocycles. The van der Waals surface area contributed by atoms with E-state index in [2.05, 4.69) is 0 Å². The zero-order valence-electron chi connectivity index (χ0n) is 14.4. The van der Waals surface area contributed by atoms with Gasteiger partial charge >= 0.3 is 0 Å². The lowest BCUT2D eigenvalue weighted by Gasteiger charge is -2.42. The second-order valence-corrected chi connectivity index (χ2v) is 7.03. The number of ether oxygens (including phenoxy) is 3. The third-order valence-electron chi connectivity index (χ3n) is 5.46. The molecule has 2 aliphatic heterocycles. The zero-order valence-corrected chi connectivity index (χ0v) is 14.4. The molecule has 7 nitrogen and oxygen atoms in total. The van der Waals surface area contributed by atoms with Gasteiger partial charge < -0.3 is 14.2 Å². The SMILES string of the molecule is O=C1CCC2(CC1[C@H]1CC(=O)N(Cc3ccccc3)C1=O)OCOCO2. The molecule has 0 radical (unpaired) electrons. The number of amides is 2. The summed E-state index contributed by atoms with van der Waals surface area (Å²) in [5.41, 5.74) is 0.886. The number of carbonyl (C=O) groups excluding carboxylic acids is 3. The van der Waals surface area contributed by atoms with Crippen LogP contribution in [0.5, 0.6) is 0 Å². The maximum absolute atomic E-state index is 12.9. The lowest BCUT2D eigenvalue weighted by atomic mass is 9.75. The molecule has 0 N–H and O–H groups in total. The van der Waals surface area contributed by atoms with Gasteiger partial charge in [-0.05, 0) is 5.56 Å². The lowest BCUT2D eigenvalue weighted by Crippen LogP contribution is -2.50. The zero-order chi connectivity index (χ0) is 18.1. The van der Waals surface area contributed by atoms with Crippen molar-refractivity contribution in [2.24, 2.45) is 11.8 Å². The van der Waals surface area contributed by atoms with E-state index < -0.39 is 17.6 Å². The summed E-state index contributed by atoms with van der Waals surface area (Å²) in [5.74, 6) is -2.58. The summed E-state index contributed by atoms with van der Waals surface area (Å²) in [5, 5.41) is 0. The van der Waals surface area contributed by atoms with E-state index in [1.807, 2.05) is 30.3 Å². The third-order valence-corrected chi connectivity index (χ3v) is 5.46. The van der Waals surface area contributed by atoms with E-state index in [0.29, 0.717) is 6.42 Å². The molecule has 138 valence electrons. The Morgan fingerprint density at radius 3 is 2.50 bits per heavy atom. The second-order valence-electron chi connectivity index (χ2n) is 7.03. The summed E-state index contributed by atoms with van der Waals surface area (Å²) < 4.78 is 16.3. The molecule has 0 bridgehead atoms. The van der Waals surface area contributed by atoms with Gasteiger partial charge in [-0.2, -0.15) is 0 Å². The van der Waals surface area contributed by atoms with Crippen molar-refractivity contribution < 1.29 is 28.6 Å². The molecule has 2 amide bonds. The van der Waals surface area contributed by atoms with Crippen LogP contribution in [0.25, 0.3) is 0 Å². The van der Waals surface area contributed by atoms with Crippen molar-refractivity contribution in [2.45, 2.75) is 38.0 Å². The number of benzene rings is 1. The van der Waals surface area contributed by atoms with E-state index in [9.17, 15) is 14.4 Å². The summed E-state index contributed by atoms with van der Waals surface area (Å²) >= 11 is 0. The largest absolute Gasteiger partial charge is 0.329 e. The first kappa shape index (κ1) is 17.3. The van der Waals surface area contributed by atoms with Gasteiger partial charge in [-0.1, -0.05) is 30.3 Å². The van der Waals surface area contributed by atoms with E-state index in [4.69, 9.17) is 14.2 Å². The number of nitrogens with zero attached hydrogens (tertiary/aromatic N) is 1. The van der Waals surface area contributed by atoms with Gasteiger partial charge in [0, 0.05) is 31.6 Å². The molecule has 3 aliphatic rings. The van der Waals surface area contributed by atoms with Crippen molar-refractivity contribution in [1.82, 2.24) is 4.90 Å². The van der Waals surface area contributed by atoms with Crippen molar-refractivity contribution in [3.8, 4) is 0 Å². The minimum absolute atomic E-state index is 0.00188. The fourth-order valence-electron chi connectivity index (χ4n) is 4.01. The lowest BCUT2D eigenvalue weighted by molar-refractivity contribution is -0.369. The summed E-state index contributed by atoms with van der Waals surface area (Å²) in [6.45, 7) is 0.457. The van der Waals surface area contributed by atoms with Crippen LogP contribution in [0.1, 0.15) is 31.2 Å². The van der Waals surface area contributed by atoms with Gasteiger partial charge in [-0.3, -0.25) is 19.3 Å². The fourth-order valence-corrected chi connectivity index (χ4v) is 4.01. The van der Waals surface area contributed by atoms with Gasteiger partial charge in [0.25, 0.3) is 0 Å². The highest BCUT2D eigenvalue weighted by molar-refractivity contribution is 6.05. The van der Waals surface area contributed by atoms with Crippen LogP contribution in [0, 0.1) is 11.8 Å². The molecule has 1 unspecified atom stereocenters. The molecule has 2 heterocycles. The number of hydrogen-bond donors (Lipinski definition) is 0. The quantitative estimate of drug-likeness (QED) is 0.763. The summed E-state index contributed by atoms with van der Waals surface area (Å²) in [6, 6.07) is 9.36. The molecule has 4 rings (SSSR count). The van der Waals surface area contributed by atoms with Crippen molar-refractivity contribution in [3.05, 3.63) is 35.9 Å². The molecule has 1 saturated carbocycles. The van der Waals surface area contributed by atoms with Crippen LogP contribution >= 0.6 is 0 Å². The number of imide groups is 1. The normalized spacial score (nSPS) is 28.8. The highest BCUT2D eigenvalue weighted by Crippen LogP contribution is 2.42. The first-order valence-corrected chi connectivity index (χ1v) is 8.84. The molecular formula is C19H21NO6. The Kier molecular flexibility index (Phi) is 4.60. The Morgan fingerprint density at radius 1 is 1.04 bits per heavy atom. The molecule has 1 aromatic rings. The van der Waals surface area contributed by atoms with Crippen LogP contribution in [0.15, 0.2) is 30.3 Å². The van der Waals surface area contributed by atoms with Crippen LogP contribution in [0.4, 0.5) is 0 Å². The van der Waals surface area contributed by atoms with Gasteiger partial charge in [0.2, 0.25) is 11.8 Å². The van der Waals surface area contributed by atoms with Crippen LogP contribution in [0.3, 0.4) is 0 Å². The molecule has 2 atom stereocenters. The molecule has 3 fully saturated rings. The van der Waals surface area contributed by atoms with Crippen molar-refractivity contribution in [2.75, 3.05) is 13.6 Å². The summed E-state index contributed by atoms with van der Waals surface area (Å²) in [6.07, 6.45) is 1.09. The Bertz CT molecular complexity index is 712. The minimum Gasteiger partial charge on any atom is -0.329 e. The smallest absolute Gasteiger partial charge is 0.233 e. The van der Waals surface area contributed by atoms with E-state index in [1.54, 1.807) is 0 Å². The van der Waals surface area contributed by atoms with Gasteiger partial charge in [-0.25, -0.2) is 0 Å². The van der Waals surface area contributed by atoms with E-state index in [0.717, 1.165) is 5.56 Å². The van der Waals surface area contributed by atoms with Crippen LogP contribution in [-0.2, 0) is 35.1 Å². The number of ketones is 1. The maximum Gasteiger partial charge on any atom is 0.233 e. The average molecular weight is 359 g/mol. The molecule has 7 heteroatoms. The Labute approximate surface area is 151 Å². The second kappa shape index (κ2) is 6.90. The number of Topliss-reactive ketones (excluding diaryl/α,β-unsaturated/α-hetero) is 1. The average Bonchev–Trinajstić information content (AvgIpc) is 2.94. The molecule has 1 aromatic carbocycles. The standard InChI is InChI=1S/C19H21NO6/c21-16-6-7-19(25-11-24-12-26-19)9-15(16)14-8-17(22)20(18(14)23)10-13-4-2-1-3-5-13/h1-5,14-15H,6-12H2/t14-,15?/m1/s1. The van der Waals surface area contributed by atoms with Gasteiger partial charge in [0.15, 0.2) is 19.4 Å². The maximum atomic E-state index is 12.9. The first-order valence-electron chi connectivity index (χ1n) is 8.84. The highest BCUT2D eigenvalue weighted by atomic mass is 16.9. The van der Waals surface area contributed by atoms with Gasteiger partial charge in [-0.15, -0.1) is 0 Å². The van der Waals surface area contributed by atoms with Crippen LogP contribution < -0.4 is 0 Å². The van der Waals surface area contributed by atoms with Crippen molar-refractivity contribution >= 4 is 17.6 Å². The first-order chi connectivity index (χ1) is 12.6. The topological polar surface area (TPSA) is 82.1 Å². The molecule has 1 spiro atoms. The predicted molar refractivity (Wildman–Crippen MR) is 88.2 cm³/mol. The summed E-state index contributed by atoms with van der Waals surface area (Å²) in [7, 11) is 0. The number of hydrogen-bond acceptors (Lipinski definition) is 6. The molecular weight excluding hydrogens is 338 g/mol. The van der Waals surface area contributed by atoms with Crippen LogP contribution in [-0.4, -0.2) is 41.9 Å². The number of rotatable bonds is 3. The minimum atomic E-state index is -0.882. The van der Waals surface area contributed by atoms with E-state index >= 15 is 0 Å². The van der Waals surface area contributed by atoms with Crippen molar-refractivity contribution in [1.29, 1.82) is 0 Å². The summed E-state index contributed by atoms with van der Waals surface area (Å²) in [4.78, 5) is 39.1. The van der Waals surface area contributed by atoms with Gasteiger partial charge in [0.05, 0.1) is 12.5 Å². The van der Waals surface area contributed by atoms with E-state index in [1.165, 1.54) is 4.90 Å². The molecule has 1 aliphatic carbocycles. The number of carbonyl (C=O) groups is 3. The Balaban J connectivity index is 1.50. The fraction of sp³-hybridized carbons (Fsp3) is 0.526. The van der Waals surface area contributed by atoms with Gasteiger partial charge in [0.1, 0.15) is 5.78 Å². The Hall–Kier alpha value is -2.09. The third kappa shape index (κ3) is 3.18. The van der Waals surface area contributed by atoms with Crippen molar-refractivity contribution in [3.63, 3.8) is 0 Å². The molecule has 26 heavy (non-hydrogen) atoms. The molecule has 2 saturated heterocycles.